The molecule has 0 fully saturated rings. The maximum atomic E-state index is 10.3. The summed E-state index contributed by atoms with van der Waals surface area (Å²) in [6.45, 7) is 5.50. The summed E-state index contributed by atoms with van der Waals surface area (Å²) in [4.78, 5) is 0. The van der Waals surface area contributed by atoms with Crippen LogP contribution in [0.15, 0.2) is 16.6 Å². The second-order valence-corrected chi connectivity index (χ2v) is 5.62. The Kier molecular flexibility index (Phi) is 5.84. The summed E-state index contributed by atoms with van der Waals surface area (Å²) in [5, 5.41) is 10.3. The molecule has 0 saturated carbocycles. The largest absolute Gasteiger partial charge is 0.493 e. The van der Waals surface area contributed by atoms with Crippen LogP contribution in [-0.4, -0.2) is 37.3 Å². The zero-order chi connectivity index (χ0) is 14.5. The lowest BCUT2D eigenvalue weighted by Crippen LogP contribution is -2.33. The van der Waals surface area contributed by atoms with Crippen molar-refractivity contribution in [1.29, 1.82) is 0 Å². The lowest BCUT2D eigenvalue weighted by molar-refractivity contribution is -0.188. The normalized spacial score (nSPS) is 15.2. The fourth-order valence-electron chi connectivity index (χ4n) is 2.42. The highest BCUT2D eigenvalue weighted by molar-refractivity contribution is 9.10. The van der Waals surface area contributed by atoms with Crippen molar-refractivity contribution in [2.75, 3.05) is 19.8 Å². The van der Waals surface area contributed by atoms with Crippen LogP contribution in [0.1, 0.15) is 25.0 Å². The summed E-state index contributed by atoms with van der Waals surface area (Å²) >= 11 is 3.50. The van der Waals surface area contributed by atoms with Crippen LogP contribution in [0, 0.1) is 0 Å². The topological polar surface area (TPSA) is 47.9 Å². The SMILES string of the molecule is CCOC(OCC)C(O)Cc1cc(Br)cc2c1OCC2. The number of rotatable bonds is 7. The lowest BCUT2D eigenvalue weighted by Gasteiger charge is -2.23. The maximum Gasteiger partial charge on any atom is 0.183 e. The minimum Gasteiger partial charge on any atom is -0.493 e. The van der Waals surface area contributed by atoms with Crippen LogP contribution in [-0.2, 0) is 22.3 Å². The quantitative estimate of drug-likeness (QED) is 0.772. The van der Waals surface area contributed by atoms with Crippen molar-refractivity contribution in [3.63, 3.8) is 0 Å². The summed E-state index contributed by atoms with van der Waals surface area (Å²) in [7, 11) is 0. The number of aliphatic hydroxyl groups excluding tert-OH is 1. The molecule has 5 heteroatoms. The molecule has 2 rings (SSSR count). The molecular formula is C15H21BrO4. The molecule has 20 heavy (non-hydrogen) atoms. The van der Waals surface area contributed by atoms with Crippen molar-refractivity contribution < 1.29 is 19.3 Å². The fourth-order valence-corrected chi connectivity index (χ4v) is 2.97. The van der Waals surface area contributed by atoms with Gasteiger partial charge in [-0.05, 0) is 37.1 Å². The molecule has 1 aliphatic rings. The van der Waals surface area contributed by atoms with Crippen LogP contribution in [0.3, 0.4) is 0 Å². The number of aliphatic hydroxyl groups is 1. The first-order chi connectivity index (χ1) is 9.65. The van der Waals surface area contributed by atoms with Crippen molar-refractivity contribution in [2.45, 2.75) is 39.1 Å². The Morgan fingerprint density at radius 2 is 2.00 bits per heavy atom. The maximum absolute atomic E-state index is 10.3. The second kappa shape index (κ2) is 7.41. The monoisotopic (exact) mass is 344 g/mol. The second-order valence-electron chi connectivity index (χ2n) is 4.70. The van der Waals surface area contributed by atoms with Crippen molar-refractivity contribution in [3.05, 3.63) is 27.7 Å². The first-order valence-electron chi connectivity index (χ1n) is 7.01. The fraction of sp³-hybridized carbons (Fsp3) is 0.600. The van der Waals surface area contributed by atoms with Gasteiger partial charge in [-0.3, -0.25) is 0 Å². The van der Waals surface area contributed by atoms with E-state index >= 15 is 0 Å². The standard InChI is InChI=1S/C15H21BrO4/c1-3-18-15(19-4-2)13(17)9-11-8-12(16)7-10-5-6-20-14(10)11/h7-8,13,15,17H,3-6,9H2,1-2H3. The Balaban J connectivity index is 2.12. The van der Waals surface area contributed by atoms with Gasteiger partial charge in [0.2, 0.25) is 0 Å². The molecule has 112 valence electrons. The van der Waals surface area contributed by atoms with E-state index in [0.29, 0.717) is 26.2 Å². The Morgan fingerprint density at radius 1 is 1.30 bits per heavy atom. The third kappa shape index (κ3) is 3.73. The summed E-state index contributed by atoms with van der Waals surface area (Å²) < 4.78 is 17.6. The van der Waals surface area contributed by atoms with Gasteiger partial charge in [-0.1, -0.05) is 15.9 Å². The number of benzene rings is 1. The third-order valence-electron chi connectivity index (χ3n) is 3.23. The zero-order valence-corrected chi connectivity index (χ0v) is 13.5. The van der Waals surface area contributed by atoms with E-state index in [1.165, 1.54) is 5.56 Å². The summed E-state index contributed by atoms with van der Waals surface area (Å²) in [5.74, 6) is 0.902. The van der Waals surface area contributed by atoms with Gasteiger partial charge in [0.25, 0.3) is 0 Å². The van der Waals surface area contributed by atoms with Gasteiger partial charge < -0.3 is 19.3 Å². The lowest BCUT2D eigenvalue weighted by atomic mass is 10.0. The average molecular weight is 345 g/mol. The molecule has 0 saturated heterocycles. The predicted molar refractivity (Wildman–Crippen MR) is 80.1 cm³/mol. The van der Waals surface area contributed by atoms with Crippen LogP contribution in [0.4, 0.5) is 0 Å². The van der Waals surface area contributed by atoms with Crippen molar-refractivity contribution in [3.8, 4) is 5.75 Å². The Bertz CT molecular complexity index is 444. The number of hydrogen-bond donors (Lipinski definition) is 1. The van der Waals surface area contributed by atoms with Crippen molar-refractivity contribution in [2.24, 2.45) is 0 Å². The molecule has 0 aromatic heterocycles. The highest BCUT2D eigenvalue weighted by Crippen LogP contribution is 2.34. The molecule has 0 bridgehead atoms. The van der Waals surface area contributed by atoms with E-state index in [9.17, 15) is 5.11 Å². The van der Waals surface area contributed by atoms with Crippen molar-refractivity contribution in [1.82, 2.24) is 0 Å². The molecule has 0 radical (unpaired) electrons. The molecule has 1 aliphatic heterocycles. The number of hydrogen-bond acceptors (Lipinski definition) is 4. The average Bonchev–Trinajstić information content (AvgIpc) is 2.86. The van der Waals surface area contributed by atoms with Gasteiger partial charge in [-0.15, -0.1) is 0 Å². The Labute approximate surface area is 128 Å². The van der Waals surface area contributed by atoms with E-state index in [-0.39, 0.29) is 0 Å². The van der Waals surface area contributed by atoms with Gasteiger partial charge in [0, 0.05) is 30.5 Å². The predicted octanol–water partition coefficient (Wildman–Crippen LogP) is 2.69. The van der Waals surface area contributed by atoms with Crippen LogP contribution in [0.5, 0.6) is 5.75 Å². The summed E-state index contributed by atoms with van der Waals surface area (Å²) in [6, 6.07) is 4.06. The molecule has 0 aliphatic carbocycles. The third-order valence-corrected chi connectivity index (χ3v) is 3.69. The zero-order valence-electron chi connectivity index (χ0n) is 11.9. The highest BCUT2D eigenvalue weighted by atomic mass is 79.9. The molecular weight excluding hydrogens is 324 g/mol. The van der Waals surface area contributed by atoms with Gasteiger partial charge in [-0.25, -0.2) is 0 Å². The van der Waals surface area contributed by atoms with Gasteiger partial charge >= 0.3 is 0 Å². The molecule has 1 unspecified atom stereocenters. The van der Waals surface area contributed by atoms with Gasteiger partial charge in [0.05, 0.1) is 6.61 Å². The number of fused-ring (bicyclic) bond motifs is 1. The Hall–Kier alpha value is -0.620. The molecule has 0 amide bonds. The van der Waals surface area contributed by atoms with Crippen LogP contribution < -0.4 is 4.74 Å². The minimum absolute atomic E-state index is 0.451. The van der Waals surface area contributed by atoms with E-state index in [0.717, 1.165) is 22.2 Å². The van der Waals surface area contributed by atoms with Gasteiger partial charge in [0.15, 0.2) is 6.29 Å². The molecule has 0 spiro atoms. The van der Waals surface area contributed by atoms with Gasteiger partial charge in [0.1, 0.15) is 11.9 Å². The highest BCUT2D eigenvalue weighted by Gasteiger charge is 2.24. The molecule has 1 atom stereocenters. The number of ether oxygens (including phenoxy) is 3. The van der Waals surface area contributed by atoms with E-state index in [1.807, 2.05) is 19.9 Å². The first-order valence-corrected chi connectivity index (χ1v) is 7.80. The smallest absolute Gasteiger partial charge is 0.183 e. The van der Waals surface area contributed by atoms with Gasteiger partial charge in [-0.2, -0.15) is 0 Å². The van der Waals surface area contributed by atoms with E-state index in [2.05, 4.69) is 22.0 Å². The summed E-state index contributed by atoms with van der Waals surface area (Å²) in [6.07, 6.45) is 0.0588. The molecule has 1 heterocycles. The molecule has 1 N–H and O–H groups in total. The van der Waals surface area contributed by atoms with E-state index < -0.39 is 12.4 Å². The number of halogens is 1. The molecule has 1 aromatic carbocycles. The van der Waals surface area contributed by atoms with Crippen molar-refractivity contribution >= 4 is 15.9 Å². The minimum atomic E-state index is -0.711. The molecule has 4 nitrogen and oxygen atoms in total. The summed E-state index contributed by atoms with van der Waals surface area (Å²) in [5.41, 5.74) is 2.18. The molecule has 1 aromatic rings. The first kappa shape index (κ1) is 15.8. The van der Waals surface area contributed by atoms with E-state index in [1.54, 1.807) is 0 Å². The van der Waals surface area contributed by atoms with Crippen LogP contribution in [0.25, 0.3) is 0 Å². The Morgan fingerprint density at radius 3 is 2.65 bits per heavy atom. The van der Waals surface area contributed by atoms with Crippen LogP contribution >= 0.6 is 15.9 Å². The van der Waals surface area contributed by atoms with E-state index in [4.69, 9.17) is 14.2 Å². The van der Waals surface area contributed by atoms with Crippen LogP contribution in [0.2, 0.25) is 0 Å².